The van der Waals surface area contributed by atoms with Gasteiger partial charge in [0.2, 0.25) is 5.91 Å². The summed E-state index contributed by atoms with van der Waals surface area (Å²) in [5.74, 6) is 0.00533. The highest BCUT2D eigenvalue weighted by Gasteiger charge is 2.29. The number of amides is 1. The molecule has 0 aromatic carbocycles. The van der Waals surface area contributed by atoms with Crippen LogP contribution in [-0.2, 0) is 11.3 Å². The lowest BCUT2D eigenvalue weighted by molar-refractivity contribution is -0.130. The molecule has 3 N–H and O–H groups in total. The zero-order valence-electron chi connectivity index (χ0n) is 10.8. The van der Waals surface area contributed by atoms with Gasteiger partial charge in [-0.05, 0) is 37.5 Å². The van der Waals surface area contributed by atoms with Crippen molar-refractivity contribution in [1.82, 2.24) is 10.3 Å². The van der Waals surface area contributed by atoms with E-state index in [9.17, 15) is 4.79 Å². The van der Waals surface area contributed by atoms with Crippen molar-refractivity contribution in [2.24, 2.45) is 11.1 Å². The van der Waals surface area contributed by atoms with E-state index >= 15 is 0 Å². The number of rotatable bonds is 5. The molecule has 0 aliphatic carbocycles. The third kappa shape index (κ3) is 3.27. The third-order valence-electron chi connectivity index (χ3n) is 3.37. The van der Waals surface area contributed by atoms with E-state index in [0.29, 0.717) is 13.1 Å². The molecule has 0 bridgehead atoms. The molecule has 4 nitrogen and oxygen atoms in total. The summed E-state index contributed by atoms with van der Waals surface area (Å²) in [6.45, 7) is 6.74. The zero-order valence-corrected chi connectivity index (χ0v) is 10.8. The zero-order chi connectivity index (χ0) is 12.9. The SMILES string of the molecule is CCC(C)(CN)C(=O)NCc1cnccc1C. The first-order valence-corrected chi connectivity index (χ1v) is 5.91. The topological polar surface area (TPSA) is 68.0 Å². The fourth-order valence-corrected chi connectivity index (χ4v) is 1.47. The van der Waals surface area contributed by atoms with Gasteiger partial charge in [-0.25, -0.2) is 0 Å². The largest absolute Gasteiger partial charge is 0.351 e. The van der Waals surface area contributed by atoms with E-state index in [2.05, 4.69) is 10.3 Å². The monoisotopic (exact) mass is 235 g/mol. The Hall–Kier alpha value is -1.42. The first-order chi connectivity index (χ1) is 8.03. The van der Waals surface area contributed by atoms with Gasteiger partial charge in [0.05, 0.1) is 5.41 Å². The number of hydrogen-bond acceptors (Lipinski definition) is 3. The van der Waals surface area contributed by atoms with E-state index in [1.807, 2.05) is 26.8 Å². The number of aryl methyl sites for hydroxylation is 1. The molecular weight excluding hydrogens is 214 g/mol. The highest BCUT2D eigenvalue weighted by Crippen LogP contribution is 2.19. The molecule has 1 aromatic heterocycles. The summed E-state index contributed by atoms with van der Waals surface area (Å²) in [7, 11) is 0. The van der Waals surface area contributed by atoms with Crippen molar-refractivity contribution in [2.45, 2.75) is 33.7 Å². The minimum absolute atomic E-state index is 0.00533. The average Bonchev–Trinajstić information content (AvgIpc) is 2.36. The molecule has 1 atom stereocenters. The second kappa shape index (κ2) is 5.77. The summed E-state index contributed by atoms with van der Waals surface area (Å²) in [6, 6.07) is 1.93. The lowest BCUT2D eigenvalue weighted by atomic mass is 9.86. The standard InChI is InChI=1S/C13H21N3O/c1-4-13(3,9-14)12(17)16-8-11-7-15-6-5-10(11)2/h5-7H,4,8-9,14H2,1-3H3,(H,16,17). The molecule has 4 heteroatoms. The van der Waals surface area contributed by atoms with Crippen LogP contribution < -0.4 is 11.1 Å². The van der Waals surface area contributed by atoms with Crippen molar-refractivity contribution in [3.8, 4) is 0 Å². The van der Waals surface area contributed by atoms with Crippen molar-refractivity contribution < 1.29 is 4.79 Å². The lowest BCUT2D eigenvalue weighted by Crippen LogP contribution is -2.43. The van der Waals surface area contributed by atoms with Crippen LogP contribution in [0.25, 0.3) is 0 Å². The Morgan fingerprint density at radius 3 is 2.82 bits per heavy atom. The van der Waals surface area contributed by atoms with Gasteiger partial charge in [-0.15, -0.1) is 0 Å². The van der Waals surface area contributed by atoms with Gasteiger partial charge in [0, 0.05) is 25.5 Å². The Morgan fingerprint density at radius 1 is 1.59 bits per heavy atom. The van der Waals surface area contributed by atoms with Gasteiger partial charge >= 0.3 is 0 Å². The molecule has 17 heavy (non-hydrogen) atoms. The van der Waals surface area contributed by atoms with Gasteiger partial charge < -0.3 is 11.1 Å². The van der Waals surface area contributed by atoms with Crippen LogP contribution in [0.15, 0.2) is 18.5 Å². The van der Waals surface area contributed by atoms with Crippen molar-refractivity contribution >= 4 is 5.91 Å². The van der Waals surface area contributed by atoms with E-state index in [4.69, 9.17) is 5.73 Å². The number of aromatic nitrogens is 1. The molecule has 0 radical (unpaired) electrons. The predicted molar refractivity (Wildman–Crippen MR) is 68.3 cm³/mol. The summed E-state index contributed by atoms with van der Waals surface area (Å²) in [6.07, 6.45) is 4.26. The number of pyridine rings is 1. The highest BCUT2D eigenvalue weighted by atomic mass is 16.2. The van der Waals surface area contributed by atoms with E-state index in [1.165, 1.54) is 0 Å². The summed E-state index contributed by atoms with van der Waals surface area (Å²) >= 11 is 0. The van der Waals surface area contributed by atoms with Crippen LogP contribution in [-0.4, -0.2) is 17.4 Å². The molecule has 0 fully saturated rings. The average molecular weight is 235 g/mol. The number of carbonyl (C=O) groups excluding carboxylic acids is 1. The van der Waals surface area contributed by atoms with Crippen LogP contribution in [0.5, 0.6) is 0 Å². The summed E-state index contributed by atoms with van der Waals surface area (Å²) in [5, 5.41) is 2.92. The summed E-state index contributed by atoms with van der Waals surface area (Å²) in [4.78, 5) is 16.1. The van der Waals surface area contributed by atoms with Crippen molar-refractivity contribution in [3.63, 3.8) is 0 Å². The predicted octanol–water partition coefficient (Wildman–Crippen LogP) is 1.38. The van der Waals surface area contributed by atoms with Crippen molar-refractivity contribution in [2.75, 3.05) is 6.54 Å². The maximum absolute atomic E-state index is 12.0. The van der Waals surface area contributed by atoms with Crippen LogP contribution in [0.2, 0.25) is 0 Å². The van der Waals surface area contributed by atoms with Crippen LogP contribution >= 0.6 is 0 Å². The van der Waals surface area contributed by atoms with Gasteiger partial charge in [-0.3, -0.25) is 9.78 Å². The molecule has 0 aliphatic heterocycles. The Balaban J connectivity index is 2.63. The number of nitrogens with two attached hydrogens (primary N) is 1. The van der Waals surface area contributed by atoms with Crippen LogP contribution in [0.1, 0.15) is 31.4 Å². The molecule has 1 amide bonds. The molecule has 1 aromatic rings. The fourth-order valence-electron chi connectivity index (χ4n) is 1.47. The maximum atomic E-state index is 12.0. The summed E-state index contributed by atoms with van der Waals surface area (Å²) < 4.78 is 0. The van der Waals surface area contributed by atoms with Crippen LogP contribution in [0.4, 0.5) is 0 Å². The molecule has 0 saturated carbocycles. The van der Waals surface area contributed by atoms with Gasteiger partial charge in [-0.1, -0.05) is 6.92 Å². The molecule has 0 spiro atoms. The number of nitrogens with zero attached hydrogens (tertiary/aromatic N) is 1. The molecular formula is C13H21N3O. The normalized spacial score (nSPS) is 14.1. The van der Waals surface area contributed by atoms with E-state index in [0.717, 1.165) is 17.5 Å². The van der Waals surface area contributed by atoms with Gasteiger partial charge in [0.25, 0.3) is 0 Å². The van der Waals surface area contributed by atoms with E-state index in [1.54, 1.807) is 12.4 Å². The van der Waals surface area contributed by atoms with Gasteiger partial charge in [-0.2, -0.15) is 0 Å². The smallest absolute Gasteiger partial charge is 0.227 e. The maximum Gasteiger partial charge on any atom is 0.227 e. The fraction of sp³-hybridized carbons (Fsp3) is 0.538. The van der Waals surface area contributed by atoms with E-state index < -0.39 is 5.41 Å². The van der Waals surface area contributed by atoms with Crippen molar-refractivity contribution in [3.05, 3.63) is 29.6 Å². The minimum atomic E-state index is -0.476. The molecule has 1 unspecified atom stereocenters. The lowest BCUT2D eigenvalue weighted by Gasteiger charge is -2.25. The Morgan fingerprint density at radius 2 is 2.29 bits per heavy atom. The number of hydrogen-bond donors (Lipinski definition) is 2. The Labute approximate surface area is 103 Å². The molecule has 1 heterocycles. The quantitative estimate of drug-likeness (QED) is 0.810. The third-order valence-corrected chi connectivity index (χ3v) is 3.37. The molecule has 1 rings (SSSR count). The Bertz CT molecular complexity index is 386. The number of nitrogens with one attached hydrogen (secondary N) is 1. The highest BCUT2D eigenvalue weighted by molar-refractivity contribution is 5.82. The second-order valence-electron chi connectivity index (χ2n) is 4.60. The van der Waals surface area contributed by atoms with Gasteiger partial charge in [0.15, 0.2) is 0 Å². The van der Waals surface area contributed by atoms with Crippen LogP contribution in [0.3, 0.4) is 0 Å². The Kier molecular flexibility index (Phi) is 4.63. The van der Waals surface area contributed by atoms with Gasteiger partial charge in [0.1, 0.15) is 0 Å². The van der Waals surface area contributed by atoms with Crippen molar-refractivity contribution in [1.29, 1.82) is 0 Å². The first-order valence-electron chi connectivity index (χ1n) is 5.91. The first kappa shape index (κ1) is 13.6. The second-order valence-corrected chi connectivity index (χ2v) is 4.60. The molecule has 0 aliphatic rings. The summed E-state index contributed by atoms with van der Waals surface area (Å²) in [5.41, 5.74) is 7.34. The van der Waals surface area contributed by atoms with E-state index in [-0.39, 0.29) is 5.91 Å². The molecule has 94 valence electrons. The minimum Gasteiger partial charge on any atom is -0.351 e. The number of carbonyl (C=O) groups is 1. The van der Waals surface area contributed by atoms with Crippen LogP contribution in [0, 0.1) is 12.3 Å². The molecule has 0 saturated heterocycles.